The maximum Gasteiger partial charge on any atom is 0.271 e. The van der Waals surface area contributed by atoms with Crippen molar-refractivity contribution in [2.75, 3.05) is 18.9 Å². The van der Waals surface area contributed by atoms with Crippen molar-refractivity contribution in [3.8, 4) is 5.75 Å². The zero-order valence-electron chi connectivity index (χ0n) is 15.5. The van der Waals surface area contributed by atoms with Crippen molar-refractivity contribution in [2.45, 2.75) is 10.8 Å². The number of methoxy groups -OCH3 is 1. The molecule has 6 nitrogen and oxygen atoms in total. The first-order valence-electron chi connectivity index (χ1n) is 8.44. The summed E-state index contributed by atoms with van der Waals surface area (Å²) in [6.45, 7) is 0.454. The van der Waals surface area contributed by atoms with Crippen molar-refractivity contribution in [1.82, 2.24) is 4.90 Å². The highest BCUT2D eigenvalue weighted by molar-refractivity contribution is 7.94. The van der Waals surface area contributed by atoms with Gasteiger partial charge in [-0.3, -0.25) is 9.52 Å². The highest BCUT2D eigenvalue weighted by atomic mass is 32.2. The van der Waals surface area contributed by atoms with Crippen LogP contribution in [0.1, 0.15) is 15.9 Å². The molecule has 1 N–H and O–H groups in total. The van der Waals surface area contributed by atoms with Crippen molar-refractivity contribution >= 4 is 33.0 Å². The third-order valence-electron chi connectivity index (χ3n) is 4.07. The molecule has 0 fully saturated rings. The van der Waals surface area contributed by atoms with Crippen LogP contribution in [0.15, 0.2) is 70.3 Å². The van der Waals surface area contributed by atoms with Crippen molar-refractivity contribution in [3.63, 3.8) is 0 Å². The van der Waals surface area contributed by atoms with Gasteiger partial charge in [0.25, 0.3) is 15.9 Å². The van der Waals surface area contributed by atoms with Crippen LogP contribution in [0.25, 0.3) is 0 Å². The van der Waals surface area contributed by atoms with E-state index in [1.54, 1.807) is 60.8 Å². The number of nitrogens with one attached hydrogen (secondary N) is 1. The molecular formula is C20H20N2O4S2. The van der Waals surface area contributed by atoms with E-state index in [-0.39, 0.29) is 10.1 Å². The molecule has 0 saturated heterocycles. The van der Waals surface area contributed by atoms with Gasteiger partial charge in [-0.15, -0.1) is 11.3 Å². The number of ether oxygens (including phenoxy) is 1. The molecule has 0 bridgehead atoms. The maximum absolute atomic E-state index is 12.6. The molecule has 3 rings (SSSR count). The lowest BCUT2D eigenvalue weighted by atomic mass is 10.1. The number of benzene rings is 2. The Balaban J connectivity index is 1.65. The Morgan fingerprint density at radius 3 is 2.32 bits per heavy atom. The van der Waals surface area contributed by atoms with E-state index in [2.05, 4.69) is 4.72 Å². The summed E-state index contributed by atoms with van der Waals surface area (Å²) in [5, 5.41) is 1.70. The molecule has 146 valence electrons. The molecule has 0 unspecified atom stereocenters. The van der Waals surface area contributed by atoms with Gasteiger partial charge in [0.1, 0.15) is 9.96 Å². The summed E-state index contributed by atoms with van der Waals surface area (Å²) in [5.41, 5.74) is 1.87. The molecule has 0 aliphatic heterocycles. The van der Waals surface area contributed by atoms with Gasteiger partial charge in [-0.05, 0) is 53.4 Å². The second kappa shape index (κ2) is 8.45. The Morgan fingerprint density at radius 2 is 1.75 bits per heavy atom. The summed E-state index contributed by atoms with van der Waals surface area (Å²) in [7, 11) is -0.275. The van der Waals surface area contributed by atoms with Crippen LogP contribution >= 0.6 is 11.3 Å². The first kappa shape index (κ1) is 19.9. The van der Waals surface area contributed by atoms with Gasteiger partial charge in [-0.1, -0.05) is 18.2 Å². The Hall–Kier alpha value is -2.84. The average molecular weight is 417 g/mol. The molecule has 2 aromatic carbocycles. The Kier molecular flexibility index (Phi) is 6.01. The van der Waals surface area contributed by atoms with Crippen molar-refractivity contribution in [1.29, 1.82) is 0 Å². The molecule has 3 aromatic rings. The van der Waals surface area contributed by atoms with Crippen LogP contribution in [0.2, 0.25) is 0 Å². The van der Waals surface area contributed by atoms with E-state index in [1.165, 1.54) is 0 Å². The van der Waals surface area contributed by atoms with E-state index in [9.17, 15) is 13.2 Å². The van der Waals surface area contributed by atoms with Gasteiger partial charge in [0.2, 0.25) is 0 Å². The van der Waals surface area contributed by atoms with E-state index in [1.807, 2.05) is 24.3 Å². The minimum atomic E-state index is -3.60. The zero-order chi connectivity index (χ0) is 20.1. The summed E-state index contributed by atoms with van der Waals surface area (Å²) in [6.07, 6.45) is 0. The molecule has 1 aromatic heterocycles. The fourth-order valence-electron chi connectivity index (χ4n) is 2.60. The van der Waals surface area contributed by atoms with Gasteiger partial charge in [0.15, 0.2) is 0 Å². The lowest BCUT2D eigenvalue weighted by Gasteiger charge is -2.18. The number of hydrogen-bond acceptors (Lipinski definition) is 5. The van der Waals surface area contributed by atoms with E-state index < -0.39 is 10.0 Å². The fourth-order valence-corrected chi connectivity index (χ4v) is 4.65. The second-order valence-electron chi connectivity index (χ2n) is 6.12. The number of hydrogen-bond donors (Lipinski definition) is 1. The van der Waals surface area contributed by atoms with Crippen LogP contribution in [0.3, 0.4) is 0 Å². The third kappa shape index (κ3) is 4.71. The van der Waals surface area contributed by atoms with E-state index >= 15 is 0 Å². The molecule has 1 amide bonds. The van der Waals surface area contributed by atoms with Gasteiger partial charge in [0, 0.05) is 24.8 Å². The number of carbonyl (C=O) groups excluding carboxylic acids is 1. The summed E-state index contributed by atoms with van der Waals surface area (Å²) < 4.78 is 32.4. The van der Waals surface area contributed by atoms with Crippen LogP contribution in [0.5, 0.6) is 5.75 Å². The topological polar surface area (TPSA) is 75.7 Å². The minimum absolute atomic E-state index is 0.150. The molecule has 0 radical (unpaired) electrons. The predicted molar refractivity (Wildman–Crippen MR) is 110 cm³/mol. The molecule has 1 heterocycles. The first-order valence-corrected chi connectivity index (χ1v) is 10.8. The van der Waals surface area contributed by atoms with Crippen LogP contribution in [-0.4, -0.2) is 33.4 Å². The number of nitrogens with zero attached hydrogens (tertiary/aromatic N) is 1. The summed E-state index contributed by atoms with van der Waals surface area (Å²) in [6, 6.07) is 17.1. The average Bonchev–Trinajstić information content (AvgIpc) is 3.24. The van der Waals surface area contributed by atoms with Crippen molar-refractivity contribution in [3.05, 3.63) is 77.2 Å². The van der Waals surface area contributed by atoms with Crippen molar-refractivity contribution in [2.24, 2.45) is 0 Å². The molecule has 28 heavy (non-hydrogen) atoms. The molecule has 0 aliphatic carbocycles. The molecule has 8 heteroatoms. The fraction of sp³-hybridized carbons (Fsp3) is 0.150. The number of anilines is 1. The van der Waals surface area contributed by atoms with Gasteiger partial charge < -0.3 is 9.64 Å². The molecule has 0 aliphatic rings. The van der Waals surface area contributed by atoms with E-state index in [0.717, 1.165) is 22.6 Å². The number of rotatable bonds is 7. The van der Waals surface area contributed by atoms with Crippen LogP contribution in [0.4, 0.5) is 5.69 Å². The Morgan fingerprint density at radius 1 is 1.07 bits per heavy atom. The number of amides is 1. The number of thiophene rings is 1. The number of carbonyl (C=O) groups is 1. The van der Waals surface area contributed by atoms with Gasteiger partial charge in [0.05, 0.1) is 7.11 Å². The Labute approximate surface area is 168 Å². The second-order valence-corrected chi connectivity index (χ2v) is 8.98. The quantitative estimate of drug-likeness (QED) is 0.635. The van der Waals surface area contributed by atoms with E-state index in [0.29, 0.717) is 17.8 Å². The summed E-state index contributed by atoms with van der Waals surface area (Å²) in [4.78, 5) is 14.2. The van der Waals surface area contributed by atoms with Crippen LogP contribution in [-0.2, 0) is 16.6 Å². The molecule has 0 saturated carbocycles. The zero-order valence-corrected chi connectivity index (χ0v) is 17.1. The predicted octanol–water partition coefficient (Wildman–Crippen LogP) is 3.83. The molecular weight excluding hydrogens is 396 g/mol. The van der Waals surface area contributed by atoms with Crippen LogP contribution in [0, 0.1) is 0 Å². The van der Waals surface area contributed by atoms with Crippen molar-refractivity contribution < 1.29 is 17.9 Å². The SMILES string of the molecule is COc1ccc(CN(C)C(=O)c2ccc(NS(=O)(=O)c3cccs3)cc2)cc1. The maximum atomic E-state index is 12.6. The van der Waals surface area contributed by atoms with Gasteiger partial charge >= 0.3 is 0 Å². The standard InChI is InChI=1S/C20H20N2O4S2/c1-22(14-15-5-11-18(26-2)12-6-15)20(23)16-7-9-17(10-8-16)21-28(24,25)19-4-3-13-27-19/h3-13,21H,14H2,1-2H3. The third-order valence-corrected chi connectivity index (χ3v) is 6.85. The Bertz CT molecular complexity index is 1030. The highest BCUT2D eigenvalue weighted by Crippen LogP contribution is 2.21. The normalized spacial score (nSPS) is 11.1. The lowest BCUT2D eigenvalue weighted by Crippen LogP contribution is -2.26. The molecule has 0 atom stereocenters. The largest absolute Gasteiger partial charge is 0.497 e. The monoisotopic (exact) mass is 416 g/mol. The van der Waals surface area contributed by atoms with E-state index in [4.69, 9.17) is 4.74 Å². The van der Waals surface area contributed by atoms with Gasteiger partial charge in [-0.25, -0.2) is 8.42 Å². The smallest absolute Gasteiger partial charge is 0.271 e. The first-order chi connectivity index (χ1) is 13.4. The lowest BCUT2D eigenvalue weighted by molar-refractivity contribution is 0.0785. The van der Waals surface area contributed by atoms with Crippen LogP contribution < -0.4 is 9.46 Å². The highest BCUT2D eigenvalue weighted by Gasteiger charge is 2.16. The summed E-state index contributed by atoms with van der Waals surface area (Å²) >= 11 is 1.15. The molecule has 0 spiro atoms. The number of sulfonamides is 1. The summed E-state index contributed by atoms with van der Waals surface area (Å²) in [5.74, 6) is 0.613. The van der Waals surface area contributed by atoms with Gasteiger partial charge in [-0.2, -0.15) is 0 Å². The minimum Gasteiger partial charge on any atom is -0.497 e.